The van der Waals surface area contributed by atoms with Crippen molar-refractivity contribution in [2.24, 2.45) is 5.73 Å². The summed E-state index contributed by atoms with van der Waals surface area (Å²) in [5.41, 5.74) is 11.6. The smallest absolute Gasteiger partial charge is 0.298 e. The molecule has 0 bridgehead atoms. The molecule has 1 aromatic heterocycles. The maximum atomic E-state index is 13.6. The summed E-state index contributed by atoms with van der Waals surface area (Å²) >= 11 is 0. The number of halogens is 2. The minimum absolute atomic E-state index is 0.0527. The van der Waals surface area contributed by atoms with Gasteiger partial charge in [-0.25, -0.2) is 13.8 Å². The van der Waals surface area contributed by atoms with Gasteiger partial charge >= 0.3 is 0 Å². The third-order valence-corrected chi connectivity index (χ3v) is 2.95. The molecule has 19 heavy (non-hydrogen) atoms. The first-order valence-corrected chi connectivity index (χ1v) is 5.47. The molecule has 8 heteroatoms. The number of nitrogens with two attached hydrogens (primary N) is 2. The van der Waals surface area contributed by atoms with Crippen LogP contribution in [0.25, 0.3) is 11.0 Å². The normalized spacial score (nSPS) is 16.9. The van der Waals surface area contributed by atoms with E-state index in [1.54, 1.807) is 0 Å². The van der Waals surface area contributed by atoms with Gasteiger partial charge in [0.25, 0.3) is 5.92 Å². The number of benzene rings is 1. The van der Waals surface area contributed by atoms with Crippen LogP contribution < -0.4 is 16.2 Å². The van der Waals surface area contributed by atoms with E-state index in [-0.39, 0.29) is 17.3 Å². The van der Waals surface area contributed by atoms with Crippen molar-refractivity contribution in [3.05, 3.63) is 17.7 Å². The second-order valence-electron chi connectivity index (χ2n) is 4.41. The first kappa shape index (κ1) is 11.7. The third-order valence-electron chi connectivity index (χ3n) is 2.95. The van der Waals surface area contributed by atoms with Crippen LogP contribution in [-0.4, -0.2) is 28.0 Å². The zero-order valence-corrected chi connectivity index (χ0v) is 9.69. The van der Waals surface area contributed by atoms with E-state index < -0.39 is 25.0 Å². The molecule has 0 unspecified atom stereocenters. The van der Waals surface area contributed by atoms with E-state index in [0.29, 0.717) is 11.0 Å². The predicted octanol–water partition coefficient (Wildman–Crippen LogP) is 0.745. The number of hydrogen-bond acceptors (Lipinski definition) is 4. The van der Waals surface area contributed by atoms with Gasteiger partial charge in [0, 0.05) is 5.56 Å². The minimum Gasteiger partial charge on any atom is -0.485 e. The topological polar surface area (TPSA) is 96.2 Å². The maximum absolute atomic E-state index is 13.6. The lowest BCUT2D eigenvalue weighted by Crippen LogP contribution is -2.29. The summed E-state index contributed by atoms with van der Waals surface area (Å²) in [6.45, 7) is -1.40. The lowest BCUT2D eigenvalue weighted by atomic mass is 10.1. The molecule has 0 fully saturated rings. The van der Waals surface area contributed by atoms with Crippen LogP contribution in [-0.2, 0) is 6.54 Å². The van der Waals surface area contributed by atoms with Gasteiger partial charge in [0.1, 0.15) is 11.3 Å². The molecule has 3 rings (SSSR count). The number of rotatable bonds is 1. The molecule has 0 atom stereocenters. The molecule has 0 radical (unpaired) electrons. The van der Waals surface area contributed by atoms with Crippen LogP contribution in [0.1, 0.15) is 10.4 Å². The number of alkyl halides is 2. The van der Waals surface area contributed by atoms with Crippen molar-refractivity contribution in [1.29, 1.82) is 0 Å². The number of carbonyl (C=O) groups is 1. The first-order chi connectivity index (χ1) is 8.87. The van der Waals surface area contributed by atoms with E-state index in [4.69, 9.17) is 16.2 Å². The van der Waals surface area contributed by atoms with Crippen LogP contribution in [0.5, 0.6) is 5.75 Å². The number of primary amides is 1. The Labute approximate surface area is 105 Å². The number of anilines is 1. The van der Waals surface area contributed by atoms with Gasteiger partial charge in [-0.3, -0.25) is 4.79 Å². The van der Waals surface area contributed by atoms with Crippen LogP contribution in [0.4, 0.5) is 14.7 Å². The summed E-state index contributed by atoms with van der Waals surface area (Å²) in [6.07, 6.45) is 0. The highest BCUT2D eigenvalue weighted by Crippen LogP contribution is 2.35. The zero-order chi connectivity index (χ0) is 13.8. The fourth-order valence-corrected chi connectivity index (χ4v) is 2.12. The van der Waals surface area contributed by atoms with Gasteiger partial charge in [-0.05, 0) is 12.1 Å². The second-order valence-corrected chi connectivity index (χ2v) is 4.41. The summed E-state index contributed by atoms with van der Waals surface area (Å²) in [6, 6.07) is 2.73. The van der Waals surface area contributed by atoms with Gasteiger partial charge in [0.15, 0.2) is 6.61 Å². The second kappa shape index (κ2) is 3.56. The Balaban J connectivity index is 2.31. The fourth-order valence-electron chi connectivity index (χ4n) is 2.12. The molecule has 1 aliphatic rings. The number of ether oxygens (including phenoxy) is 1. The lowest BCUT2D eigenvalue weighted by molar-refractivity contribution is -0.0492. The first-order valence-electron chi connectivity index (χ1n) is 5.47. The molecule has 2 heterocycles. The molecule has 4 N–H and O–H groups in total. The molecule has 2 aromatic rings. The molecule has 6 nitrogen and oxygen atoms in total. The van der Waals surface area contributed by atoms with E-state index in [0.717, 1.165) is 0 Å². The molecule has 0 saturated carbocycles. The molecule has 0 aliphatic carbocycles. The largest absolute Gasteiger partial charge is 0.485 e. The van der Waals surface area contributed by atoms with Crippen LogP contribution in [0, 0.1) is 0 Å². The van der Waals surface area contributed by atoms with Gasteiger partial charge in [-0.1, -0.05) is 0 Å². The van der Waals surface area contributed by atoms with Crippen molar-refractivity contribution in [3.8, 4) is 5.75 Å². The van der Waals surface area contributed by atoms with Gasteiger partial charge in [-0.2, -0.15) is 0 Å². The number of nitrogen functional groups attached to an aromatic ring is 1. The van der Waals surface area contributed by atoms with Crippen LogP contribution in [0.3, 0.4) is 0 Å². The average Bonchev–Trinajstić information content (AvgIpc) is 2.53. The Morgan fingerprint density at radius 3 is 2.89 bits per heavy atom. The standard InChI is InChI=1S/C11H10F2N4O2/c12-11(13)3-17-8-6(16-10(17)15)1-5(9(14)18)2-7(8)19-4-11/h1-2H,3-4H2,(H2,14,18)(H2,15,16). The van der Waals surface area contributed by atoms with Gasteiger partial charge in [0.05, 0.1) is 12.1 Å². The maximum Gasteiger partial charge on any atom is 0.298 e. The molecule has 1 aromatic carbocycles. The summed E-state index contributed by atoms with van der Waals surface area (Å²) < 4.78 is 33.4. The van der Waals surface area contributed by atoms with E-state index in [9.17, 15) is 13.6 Å². The Morgan fingerprint density at radius 1 is 1.47 bits per heavy atom. The average molecular weight is 268 g/mol. The monoisotopic (exact) mass is 268 g/mol. The van der Waals surface area contributed by atoms with Crippen molar-refractivity contribution in [3.63, 3.8) is 0 Å². The molecule has 0 saturated heterocycles. The molecular weight excluding hydrogens is 258 g/mol. The fraction of sp³-hybridized carbons (Fsp3) is 0.273. The summed E-state index contributed by atoms with van der Waals surface area (Å²) in [7, 11) is 0. The third kappa shape index (κ3) is 1.76. The van der Waals surface area contributed by atoms with E-state index >= 15 is 0 Å². The Morgan fingerprint density at radius 2 is 2.21 bits per heavy atom. The summed E-state index contributed by atoms with van der Waals surface area (Å²) in [5.74, 6) is -3.67. The van der Waals surface area contributed by atoms with Crippen molar-refractivity contribution in [2.45, 2.75) is 12.5 Å². The lowest BCUT2D eigenvalue weighted by Gasteiger charge is -2.14. The summed E-state index contributed by atoms with van der Waals surface area (Å²) in [4.78, 5) is 15.1. The molecule has 1 amide bonds. The minimum atomic E-state index is -3.06. The number of nitrogens with zero attached hydrogens (tertiary/aromatic N) is 2. The van der Waals surface area contributed by atoms with Crippen molar-refractivity contribution in [2.75, 3.05) is 12.3 Å². The number of imidazole rings is 1. The van der Waals surface area contributed by atoms with E-state index in [1.807, 2.05) is 0 Å². The van der Waals surface area contributed by atoms with Crippen LogP contribution in [0.2, 0.25) is 0 Å². The van der Waals surface area contributed by atoms with Crippen molar-refractivity contribution in [1.82, 2.24) is 9.55 Å². The Kier molecular flexibility index (Phi) is 2.19. The van der Waals surface area contributed by atoms with Crippen molar-refractivity contribution >= 4 is 22.9 Å². The molecule has 100 valence electrons. The Hall–Kier alpha value is -2.38. The highest BCUT2D eigenvalue weighted by atomic mass is 19.3. The van der Waals surface area contributed by atoms with Crippen LogP contribution >= 0.6 is 0 Å². The van der Waals surface area contributed by atoms with Gasteiger partial charge in [0.2, 0.25) is 11.9 Å². The Bertz CT molecular complexity index is 696. The number of carbonyl (C=O) groups excluding carboxylic acids is 1. The summed E-state index contributed by atoms with van der Waals surface area (Å²) in [5, 5.41) is 0. The van der Waals surface area contributed by atoms with E-state index in [2.05, 4.69) is 4.98 Å². The molecule has 0 spiro atoms. The molecular formula is C11H10F2N4O2. The number of amides is 1. The highest BCUT2D eigenvalue weighted by Gasteiger charge is 2.36. The predicted molar refractivity (Wildman–Crippen MR) is 63.1 cm³/mol. The van der Waals surface area contributed by atoms with Crippen molar-refractivity contribution < 1.29 is 18.3 Å². The number of hydrogen-bond donors (Lipinski definition) is 2. The van der Waals surface area contributed by atoms with Gasteiger partial charge < -0.3 is 20.8 Å². The van der Waals surface area contributed by atoms with E-state index in [1.165, 1.54) is 16.7 Å². The quantitative estimate of drug-likeness (QED) is 0.797. The SMILES string of the molecule is NC(=O)c1cc2c3c(c1)nc(N)n3CC(F)(F)CO2. The van der Waals surface area contributed by atoms with Gasteiger partial charge in [-0.15, -0.1) is 0 Å². The highest BCUT2D eigenvalue weighted by molar-refractivity contribution is 5.98. The molecule has 1 aliphatic heterocycles. The van der Waals surface area contributed by atoms with Crippen LogP contribution in [0.15, 0.2) is 12.1 Å². The zero-order valence-electron chi connectivity index (χ0n) is 9.69. The number of aromatic nitrogens is 2.